The second-order valence-corrected chi connectivity index (χ2v) is 8.52. The van der Waals surface area contributed by atoms with Gasteiger partial charge in [0.2, 0.25) is 0 Å². The van der Waals surface area contributed by atoms with E-state index >= 15 is 0 Å². The summed E-state index contributed by atoms with van der Waals surface area (Å²) < 4.78 is 9.85. The van der Waals surface area contributed by atoms with Gasteiger partial charge in [0, 0.05) is 37.9 Å². The number of carbonyl (C=O) groups excluding carboxylic acids is 1. The summed E-state index contributed by atoms with van der Waals surface area (Å²) in [7, 11) is 2.09. The van der Waals surface area contributed by atoms with Gasteiger partial charge in [0.15, 0.2) is 16.8 Å². The van der Waals surface area contributed by atoms with Gasteiger partial charge in [-0.25, -0.2) is 0 Å². The number of fused-ring (bicyclic) bond motifs is 1. The number of nitrogens with zero attached hydrogens (tertiary/aromatic N) is 4. The highest BCUT2D eigenvalue weighted by Crippen LogP contribution is 2.27. The fourth-order valence-corrected chi connectivity index (χ4v) is 4.29. The molecule has 0 saturated carbocycles. The van der Waals surface area contributed by atoms with E-state index in [4.69, 9.17) is 4.42 Å². The number of likely N-dealkylation sites (N-methyl/N-ethyl adjacent to an activating group) is 1. The van der Waals surface area contributed by atoms with Crippen LogP contribution in [0.2, 0.25) is 0 Å². The third kappa shape index (κ3) is 4.00. The Labute approximate surface area is 188 Å². The number of amides is 1. The molecule has 1 aliphatic heterocycles. The van der Waals surface area contributed by atoms with Crippen LogP contribution in [-0.4, -0.2) is 53.6 Å². The summed E-state index contributed by atoms with van der Waals surface area (Å²) in [6.07, 6.45) is 1.69. The van der Waals surface area contributed by atoms with E-state index in [2.05, 4.69) is 31.8 Å². The molecule has 0 aliphatic carbocycles. The molecule has 0 spiro atoms. The van der Waals surface area contributed by atoms with Crippen molar-refractivity contribution in [2.45, 2.75) is 0 Å². The minimum atomic E-state index is -0.468. The molecule has 1 amide bonds. The maximum absolute atomic E-state index is 12.9. The minimum Gasteiger partial charge on any atom is -0.448 e. The Bertz CT molecular complexity index is 1310. The highest BCUT2D eigenvalue weighted by Gasteiger charge is 2.20. The minimum absolute atomic E-state index is 0.0141. The molecule has 2 aromatic heterocycles. The molecule has 1 saturated heterocycles. The van der Waals surface area contributed by atoms with Crippen LogP contribution >= 0.6 is 11.5 Å². The van der Waals surface area contributed by atoms with Crippen LogP contribution in [0.15, 0.2) is 63.9 Å². The van der Waals surface area contributed by atoms with Crippen LogP contribution in [-0.2, 0) is 0 Å². The lowest BCUT2D eigenvalue weighted by Gasteiger charge is -2.34. The van der Waals surface area contributed by atoms with Gasteiger partial charge >= 0.3 is 0 Å². The van der Waals surface area contributed by atoms with Crippen molar-refractivity contribution in [1.82, 2.24) is 14.5 Å². The van der Waals surface area contributed by atoms with Crippen molar-refractivity contribution in [2.75, 3.05) is 43.4 Å². The molecule has 1 N–H and O–H groups in total. The van der Waals surface area contributed by atoms with Crippen molar-refractivity contribution in [1.29, 1.82) is 0 Å². The largest absolute Gasteiger partial charge is 0.448 e. The van der Waals surface area contributed by atoms with Crippen molar-refractivity contribution in [3.8, 4) is 10.4 Å². The quantitative estimate of drug-likeness (QED) is 0.513. The van der Waals surface area contributed by atoms with Gasteiger partial charge in [-0.2, -0.15) is 0 Å². The van der Waals surface area contributed by atoms with Crippen LogP contribution in [0.1, 0.15) is 10.6 Å². The SMILES string of the molecule is CN1CCN(c2cccc3c(=O)cc(C(=O)Nc4ccc(-c5cnns5)cc4)oc23)CC1. The lowest BCUT2D eigenvalue weighted by molar-refractivity contribution is 0.0997. The Morgan fingerprint density at radius 2 is 1.88 bits per heavy atom. The summed E-state index contributed by atoms with van der Waals surface area (Å²) in [6, 6.07) is 14.1. The third-order valence-electron chi connectivity index (χ3n) is 5.59. The maximum atomic E-state index is 12.9. The van der Waals surface area contributed by atoms with E-state index in [1.165, 1.54) is 17.6 Å². The first kappa shape index (κ1) is 20.3. The van der Waals surface area contributed by atoms with E-state index in [-0.39, 0.29) is 11.2 Å². The topological polar surface area (TPSA) is 91.6 Å². The first-order valence-electron chi connectivity index (χ1n) is 10.3. The first-order valence-corrected chi connectivity index (χ1v) is 11.1. The van der Waals surface area contributed by atoms with Gasteiger partial charge in [0.1, 0.15) is 0 Å². The predicted molar refractivity (Wildman–Crippen MR) is 125 cm³/mol. The number of anilines is 2. The van der Waals surface area contributed by atoms with Crippen LogP contribution in [0.25, 0.3) is 21.4 Å². The smallest absolute Gasteiger partial charge is 0.291 e. The molecule has 1 fully saturated rings. The number of carbonyl (C=O) groups is 1. The van der Waals surface area contributed by atoms with E-state index in [1.807, 2.05) is 24.3 Å². The Kier molecular flexibility index (Phi) is 5.42. The van der Waals surface area contributed by atoms with Crippen molar-refractivity contribution in [3.63, 3.8) is 0 Å². The molecular weight excluding hydrogens is 426 g/mol. The molecule has 8 nitrogen and oxygen atoms in total. The van der Waals surface area contributed by atoms with E-state index in [1.54, 1.807) is 24.4 Å². The molecule has 0 bridgehead atoms. The van der Waals surface area contributed by atoms with Gasteiger partial charge in [-0.1, -0.05) is 22.7 Å². The van der Waals surface area contributed by atoms with Crippen molar-refractivity contribution in [2.24, 2.45) is 0 Å². The summed E-state index contributed by atoms with van der Waals surface area (Å²) in [6.45, 7) is 3.51. The fraction of sp³-hybridized carbons (Fsp3) is 0.217. The molecule has 0 unspecified atom stereocenters. The van der Waals surface area contributed by atoms with E-state index in [0.717, 1.165) is 42.3 Å². The summed E-state index contributed by atoms with van der Waals surface area (Å²) in [4.78, 5) is 31.0. The number of para-hydroxylation sites is 1. The average molecular weight is 448 g/mol. The Balaban J connectivity index is 1.43. The molecule has 1 aliphatic rings. The van der Waals surface area contributed by atoms with E-state index in [0.29, 0.717) is 16.7 Å². The Hall–Kier alpha value is -3.56. The van der Waals surface area contributed by atoms with Gasteiger partial charge in [-0.3, -0.25) is 9.59 Å². The standard InChI is InChI=1S/C23H21N5O3S/c1-27-9-11-28(12-10-27)18-4-2-3-17-19(29)13-20(31-22(17)18)23(30)25-16-7-5-15(6-8-16)21-14-24-26-32-21/h2-8,13-14H,9-12H2,1H3,(H,25,30). The van der Waals surface area contributed by atoms with Crippen LogP contribution < -0.4 is 15.6 Å². The zero-order chi connectivity index (χ0) is 22.1. The lowest BCUT2D eigenvalue weighted by atomic mass is 10.1. The van der Waals surface area contributed by atoms with Gasteiger partial charge in [0.25, 0.3) is 5.91 Å². The summed E-state index contributed by atoms with van der Waals surface area (Å²) in [5, 5.41) is 7.12. The molecule has 4 aromatic rings. The zero-order valence-corrected chi connectivity index (χ0v) is 18.3. The van der Waals surface area contributed by atoms with Gasteiger partial charge < -0.3 is 19.5 Å². The van der Waals surface area contributed by atoms with Gasteiger partial charge in [-0.05, 0) is 48.4 Å². The van der Waals surface area contributed by atoms with Gasteiger partial charge in [0.05, 0.1) is 22.1 Å². The van der Waals surface area contributed by atoms with Crippen LogP contribution in [0.3, 0.4) is 0 Å². The number of nitrogens with one attached hydrogen (secondary N) is 1. The molecule has 32 heavy (non-hydrogen) atoms. The number of benzene rings is 2. The monoisotopic (exact) mass is 447 g/mol. The molecule has 0 radical (unpaired) electrons. The van der Waals surface area contributed by atoms with Crippen LogP contribution in [0.4, 0.5) is 11.4 Å². The Morgan fingerprint density at radius 1 is 1.09 bits per heavy atom. The van der Waals surface area contributed by atoms with Crippen LogP contribution in [0.5, 0.6) is 0 Å². The van der Waals surface area contributed by atoms with E-state index < -0.39 is 5.91 Å². The first-order chi connectivity index (χ1) is 15.6. The lowest BCUT2D eigenvalue weighted by Crippen LogP contribution is -2.44. The Morgan fingerprint density at radius 3 is 2.59 bits per heavy atom. The van der Waals surface area contributed by atoms with Gasteiger partial charge in [-0.15, -0.1) is 5.10 Å². The summed E-state index contributed by atoms with van der Waals surface area (Å²) >= 11 is 1.30. The molecule has 162 valence electrons. The number of hydrogen-bond acceptors (Lipinski definition) is 8. The highest BCUT2D eigenvalue weighted by atomic mass is 32.1. The summed E-state index contributed by atoms with van der Waals surface area (Å²) in [5.41, 5.74) is 2.62. The number of hydrogen-bond donors (Lipinski definition) is 1. The van der Waals surface area contributed by atoms with Crippen molar-refractivity contribution < 1.29 is 9.21 Å². The molecule has 0 atom stereocenters. The second-order valence-electron chi connectivity index (χ2n) is 7.73. The average Bonchev–Trinajstić information content (AvgIpc) is 3.35. The van der Waals surface area contributed by atoms with Crippen LogP contribution in [0, 0.1) is 0 Å². The fourth-order valence-electron chi connectivity index (χ4n) is 3.78. The maximum Gasteiger partial charge on any atom is 0.291 e. The molecule has 3 heterocycles. The number of piperazine rings is 1. The third-order valence-corrected chi connectivity index (χ3v) is 6.30. The predicted octanol–water partition coefficient (Wildman–Crippen LogP) is 3.32. The second kappa shape index (κ2) is 8.52. The number of rotatable bonds is 4. The van der Waals surface area contributed by atoms with Crippen molar-refractivity contribution in [3.05, 3.63) is 70.7 Å². The van der Waals surface area contributed by atoms with Crippen molar-refractivity contribution >= 4 is 39.8 Å². The molecule has 2 aromatic carbocycles. The normalized spacial score (nSPS) is 14.6. The highest BCUT2D eigenvalue weighted by molar-refractivity contribution is 7.09. The number of aromatic nitrogens is 2. The van der Waals surface area contributed by atoms with E-state index in [9.17, 15) is 9.59 Å². The zero-order valence-electron chi connectivity index (χ0n) is 17.4. The summed E-state index contributed by atoms with van der Waals surface area (Å²) in [5.74, 6) is -0.482. The molecular formula is C23H21N5O3S. The molecule has 9 heteroatoms. The molecule has 5 rings (SSSR count).